The van der Waals surface area contributed by atoms with Crippen LogP contribution in [0.25, 0.3) is 5.65 Å². The van der Waals surface area contributed by atoms with E-state index in [9.17, 15) is 5.26 Å². The second-order valence-electron chi connectivity index (χ2n) is 4.62. The standard InChI is InChI=1S/C16H13N3/c1-12-7-8-16-18-14(15(10-17)19(16)11-12)9-13-5-3-2-4-6-13/h2-8,11H,9H2,1H3. The van der Waals surface area contributed by atoms with Gasteiger partial charge in [0.25, 0.3) is 0 Å². The molecule has 3 heteroatoms. The number of hydrogen-bond donors (Lipinski definition) is 0. The molecule has 0 fully saturated rings. The molecule has 92 valence electrons. The maximum Gasteiger partial charge on any atom is 0.148 e. The fourth-order valence-electron chi connectivity index (χ4n) is 2.23. The second-order valence-corrected chi connectivity index (χ2v) is 4.62. The van der Waals surface area contributed by atoms with Crippen LogP contribution in [0.1, 0.15) is 22.5 Å². The molecule has 3 rings (SSSR count). The summed E-state index contributed by atoms with van der Waals surface area (Å²) in [5.41, 5.74) is 4.57. The van der Waals surface area contributed by atoms with Gasteiger partial charge in [0.2, 0.25) is 0 Å². The van der Waals surface area contributed by atoms with Gasteiger partial charge in [0, 0.05) is 12.6 Å². The molecular weight excluding hydrogens is 234 g/mol. The van der Waals surface area contributed by atoms with E-state index in [0.29, 0.717) is 12.1 Å². The van der Waals surface area contributed by atoms with Gasteiger partial charge in [-0.25, -0.2) is 4.98 Å². The number of imidazole rings is 1. The van der Waals surface area contributed by atoms with Crippen molar-refractivity contribution in [2.24, 2.45) is 0 Å². The minimum Gasteiger partial charge on any atom is -0.291 e. The molecule has 0 spiro atoms. The summed E-state index contributed by atoms with van der Waals surface area (Å²) in [6.45, 7) is 2.01. The highest BCUT2D eigenvalue weighted by Crippen LogP contribution is 2.16. The molecule has 0 bridgehead atoms. The monoisotopic (exact) mass is 247 g/mol. The van der Waals surface area contributed by atoms with Gasteiger partial charge in [-0.3, -0.25) is 4.40 Å². The van der Waals surface area contributed by atoms with Gasteiger partial charge in [-0.2, -0.15) is 5.26 Å². The highest BCUT2D eigenvalue weighted by atomic mass is 15.0. The summed E-state index contributed by atoms with van der Waals surface area (Å²) >= 11 is 0. The van der Waals surface area contributed by atoms with E-state index in [1.807, 2.05) is 47.9 Å². The molecule has 2 heterocycles. The zero-order chi connectivity index (χ0) is 13.2. The van der Waals surface area contributed by atoms with Crippen LogP contribution in [-0.4, -0.2) is 9.38 Å². The summed E-state index contributed by atoms with van der Waals surface area (Å²) in [7, 11) is 0. The fraction of sp³-hybridized carbons (Fsp3) is 0.125. The maximum atomic E-state index is 9.36. The van der Waals surface area contributed by atoms with E-state index in [-0.39, 0.29) is 0 Å². The van der Waals surface area contributed by atoms with Crippen LogP contribution in [0.3, 0.4) is 0 Å². The Morgan fingerprint density at radius 2 is 1.95 bits per heavy atom. The first-order valence-corrected chi connectivity index (χ1v) is 6.19. The van der Waals surface area contributed by atoms with Crippen molar-refractivity contribution in [2.75, 3.05) is 0 Å². The first-order chi connectivity index (χ1) is 9.28. The highest BCUT2D eigenvalue weighted by Gasteiger charge is 2.12. The van der Waals surface area contributed by atoms with Crippen molar-refractivity contribution < 1.29 is 0 Å². The second kappa shape index (κ2) is 4.58. The summed E-state index contributed by atoms with van der Waals surface area (Å²) in [4.78, 5) is 4.56. The largest absolute Gasteiger partial charge is 0.291 e. The first kappa shape index (κ1) is 11.5. The molecule has 3 aromatic rings. The van der Waals surface area contributed by atoms with Crippen molar-refractivity contribution in [2.45, 2.75) is 13.3 Å². The number of fused-ring (bicyclic) bond motifs is 1. The lowest BCUT2D eigenvalue weighted by Gasteiger charge is -1.98. The van der Waals surface area contributed by atoms with Crippen LogP contribution in [-0.2, 0) is 6.42 Å². The van der Waals surface area contributed by atoms with Gasteiger partial charge in [-0.05, 0) is 24.1 Å². The summed E-state index contributed by atoms with van der Waals surface area (Å²) in [5, 5.41) is 9.36. The minimum atomic E-state index is 0.627. The highest BCUT2D eigenvalue weighted by molar-refractivity contribution is 5.49. The average Bonchev–Trinajstić information content (AvgIpc) is 2.76. The van der Waals surface area contributed by atoms with Gasteiger partial charge in [-0.1, -0.05) is 36.4 Å². The molecule has 0 aliphatic carbocycles. The van der Waals surface area contributed by atoms with E-state index in [0.717, 1.165) is 16.9 Å². The first-order valence-electron chi connectivity index (χ1n) is 6.19. The van der Waals surface area contributed by atoms with Gasteiger partial charge in [0.05, 0.1) is 5.69 Å². The van der Waals surface area contributed by atoms with Crippen molar-refractivity contribution in [1.82, 2.24) is 9.38 Å². The smallest absolute Gasteiger partial charge is 0.148 e. The van der Waals surface area contributed by atoms with Crippen LogP contribution in [0.5, 0.6) is 0 Å². The van der Waals surface area contributed by atoms with Crippen LogP contribution in [0.15, 0.2) is 48.7 Å². The molecule has 2 aromatic heterocycles. The zero-order valence-corrected chi connectivity index (χ0v) is 10.7. The maximum absolute atomic E-state index is 9.36. The molecule has 0 radical (unpaired) electrons. The van der Waals surface area contributed by atoms with Gasteiger partial charge >= 0.3 is 0 Å². The normalized spacial score (nSPS) is 10.5. The van der Waals surface area contributed by atoms with Crippen LogP contribution >= 0.6 is 0 Å². The van der Waals surface area contributed by atoms with Gasteiger partial charge < -0.3 is 0 Å². The molecule has 0 amide bonds. The predicted molar refractivity (Wildman–Crippen MR) is 73.9 cm³/mol. The number of nitrogens with zero attached hydrogens (tertiary/aromatic N) is 3. The zero-order valence-electron chi connectivity index (χ0n) is 10.7. The van der Waals surface area contributed by atoms with E-state index < -0.39 is 0 Å². The summed E-state index contributed by atoms with van der Waals surface area (Å²) in [5.74, 6) is 0. The number of pyridine rings is 1. The lowest BCUT2D eigenvalue weighted by Crippen LogP contribution is -1.93. The summed E-state index contributed by atoms with van der Waals surface area (Å²) in [6.07, 6.45) is 2.64. The van der Waals surface area contributed by atoms with Gasteiger partial charge in [0.15, 0.2) is 0 Å². The van der Waals surface area contributed by atoms with Crippen LogP contribution in [0.2, 0.25) is 0 Å². The van der Waals surface area contributed by atoms with Crippen molar-refractivity contribution in [3.05, 3.63) is 71.2 Å². The van der Waals surface area contributed by atoms with Crippen molar-refractivity contribution in [1.29, 1.82) is 5.26 Å². The van der Waals surface area contributed by atoms with Crippen LogP contribution in [0, 0.1) is 18.3 Å². The fourth-order valence-corrected chi connectivity index (χ4v) is 2.23. The van der Waals surface area contributed by atoms with E-state index >= 15 is 0 Å². The van der Waals surface area contributed by atoms with E-state index in [2.05, 4.69) is 23.2 Å². The van der Waals surface area contributed by atoms with Crippen LogP contribution in [0.4, 0.5) is 0 Å². The third kappa shape index (κ3) is 2.09. The van der Waals surface area contributed by atoms with Gasteiger partial charge in [-0.15, -0.1) is 0 Å². The lowest BCUT2D eigenvalue weighted by molar-refractivity contribution is 1.08. The molecular formula is C16H13N3. The van der Waals surface area contributed by atoms with Gasteiger partial charge in [0.1, 0.15) is 17.4 Å². The van der Waals surface area contributed by atoms with Crippen molar-refractivity contribution in [3.63, 3.8) is 0 Å². The molecule has 3 nitrogen and oxygen atoms in total. The molecule has 0 saturated carbocycles. The Balaban J connectivity index is 2.12. The molecule has 19 heavy (non-hydrogen) atoms. The third-order valence-corrected chi connectivity index (χ3v) is 3.16. The Labute approximate surface area is 111 Å². The number of aromatic nitrogens is 2. The summed E-state index contributed by atoms with van der Waals surface area (Å²) < 4.78 is 1.87. The SMILES string of the molecule is Cc1ccc2nc(Cc3ccccc3)c(C#N)n2c1. The van der Waals surface area contributed by atoms with Crippen molar-refractivity contribution in [3.8, 4) is 6.07 Å². The Kier molecular flexibility index (Phi) is 2.77. The molecule has 0 N–H and O–H groups in total. The minimum absolute atomic E-state index is 0.627. The third-order valence-electron chi connectivity index (χ3n) is 3.16. The van der Waals surface area contributed by atoms with E-state index in [4.69, 9.17) is 0 Å². The molecule has 0 unspecified atom stereocenters. The Bertz CT molecular complexity index is 764. The predicted octanol–water partition coefficient (Wildman–Crippen LogP) is 3.11. The number of nitriles is 1. The van der Waals surface area contributed by atoms with Crippen molar-refractivity contribution >= 4 is 5.65 Å². The van der Waals surface area contributed by atoms with E-state index in [1.54, 1.807) is 0 Å². The average molecular weight is 247 g/mol. The molecule has 0 aliphatic heterocycles. The number of aryl methyl sites for hydroxylation is 1. The molecule has 0 saturated heterocycles. The van der Waals surface area contributed by atoms with Crippen LogP contribution < -0.4 is 0 Å². The Morgan fingerprint density at radius 3 is 2.68 bits per heavy atom. The lowest BCUT2D eigenvalue weighted by atomic mass is 10.1. The summed E-state index contributed by atoms with van der Waals surface area (Å²) in [6, 6.07) is 16.3. The quantitative estimate of drug-likeness (QED) is 0.698. The Morgan fingerprint density at radius 1 is 1.16 bits per heavy atom. The number of rotatable bonds is 2. The van der Waals surface area contributed by atoms with E-state index in [1.165, 1.54) is 5.56 Å². The molecule has 1 aromatic carbocycles. The molecule has 0 atom stereocenters. The Hall–Kier alpha value is -2.60. The molecule has 0 aliphatic rings. The number of hydrogen-bond acceptors (Lipinski definition) is 2. The number of benzene rings is 1. The topological polar surface area (TPSA) is 41.1 Å².